The maximum Gasteiger partial charge on any atom is 0.0124 e. The zero-order valence-electron chi connectivity index (χ0n) is 14.7. The molecule has 0 N–H and O–H groups in total. The SMILES string of the molecule is CCCCC(C(C)CCC)N1CCCCCCCC1C. The van der Waals surface area contributed by atoms with E-state index >= 15 is 0 Å². The van der Waals surface area contributed by atoms with Gasteiger partial charge in [-0.25, -0.2) is 0 Å². The fourth-order valence-electron chi connectivity index (χ4n) is 3.98. The molecule has 0 aromatic heterocycles. The van der Waals surface area contributed by atoms with Crippen molar-refractivity contribution in [3.8, 4) is 0 Å². The van der Waals surface area contributed by atoms with Crippen molar-refractivity contribution < 1.29 is 0 Å². The summed E-state index contributed by atoms with van der Waals surface area (Å²) >= 11 is 0. The maximum absolute atomic E-state index is 2.90. The number of rotatable bonds is 7. The van der Waals surface area contributed by atoms with Gasteiger partial charge in [0, 0.05) is 12.1 Å². The first-order valence-electron chi connectivity index (χ1n) is 9.46. The van der Waals surface area contributed by atoms with Gasteiger partial charge in [-0.1, -0.05) is 65.7 Å². The minimum Gasteiger partial charge on any atom is -0.297 e. The van der Waals surface area contributed by atoms with Crippen LogP contribution < -0.4 is 0 Å². The van der Waals surface area contributed by atoms with Crippen LogP contribution in [-0.4, -0.2) is 23.5 Å². The Morgan fingerprint density at radius 1 is 0.950 bits per heavy atom. The van der Waals surface area contributed by atoms with Crippen molar-refractivity contribution in [3.05, 3.63) is 0 Å². The van der Waals surface area contributed by atoms with Crippen LogP contribution in [-0.2, 0) is 0 Å². The molecule has 1 saturated heterocycles. The van der Waals surface area contributed by atoms with Gasteiger partial charge in [-0.2, -0.15) is 0 Å². The molecular weight excluding hydrogens is 242 g/mol. The fraction of sp³-hybridized carbons (Fsp3) is 1.00. The minimum absolute atomic E-state index is 0.800. The lowest BCUT2D eigenvalue weighted by Gasteiger charge is -2.40. The largest absolute Gasteiger partial charge is 0.297 e. The van der Waals surface area contributed by atoms with Crippen molar-refractivity contribution in [2.24, 2.45) is 5.92 Å². The highest BCUT2D eigenvalue weighted by atomic mass is 15.2. The summed E-state index contributed by atoms with van der Waals surface area (Å²) in [5, 5.41) is 0. The quantitative estimate of drug-likeness (QED) is 0.551. The summed E-state index contributed by atoms with van der Waals surface area (Å²) in [7, 11) is 0. The Morgan fingerprint density at radius 3 is 2.35 bits per heavy atom. The summed E-state index contributed by atoms with van der Waals surface area (Å²) in [6.45, 7) is 11.0. The van der Waals surface area contributed by atoms with Gasteiger partial charge in [0.15, 0.2) is 0 Å². The molecule has 3 atom stereocenters. The van der Waals surface area contributed by atoms with Crippen LogP contribution in [0.1, 0.15) is 98.3 Å². The predicted molar refractivity (Wildman–Crippen MR) is 91.3 cm³/mol. The molecule has 3 unspecified atom stereocenters. The first kappa shape index (κ1) is 18.0. The van der Waals surface area contributed by atoms with Gasteiger partial charge >= 0.3 is 0 Å². The fourth-order valence-corrected chi connectivity index (χ4v) is 3.98. The maximum atomic E-state index is 2.90. The van der Waals surface area contributed by atoms with Gasteiger partial charge in [0.05, 0.1) is 0 Å². The molecule has 0 aliphatic carbocycles. The number of hydrogen-bond acceptors (Lipinski definition) is 1. The summed E-state index contributed by atoms with van der Waals surface area (Å²) in [4.78, 5) is 2.90. The average Bonchev–Trinajstić information content (AvgIpc) is 2.53. The van der Waals surface area contributed by atoms with E-state index in [1.54, 1.807) is 0 Å². The van der Waals surface area contributed by atoms with Crippen LogP contribution in [0.2, 0.25) is 0 Å². The smallest absolute Gasteiger partial charge is 0.0124 e. The second kappa shape index (κ2) is 10.7. The molecule has 0 bridgehead atoms. The van der Waals surface area contributed by atoms with E-state index in [0.717, 1.165) is 18.0 Å². The second-order valence-electron chi connectivity index (χ2n) is 7.12. The summed E-state index contributed by atoms with van der Waals surface area (Å²) in [5.74, 6) is 0.870. The first-order chi connectivity index (χ1) is 9.70. The Balaban J connectivity index is 2.71. The Labute approximate surface area is 128 Å². The Kier molecular flexibility index (Phi) is 9.59. The van der Waals surface area contributed by atoms with E-state index in [4.69, 9.17) is 0 Å². The lowest BCUT2D eigenvalue weighted by Crippen LogP contribution is -2.45. The standard InChI is InChI=1S/C19H39N/c1-5-7-15-19(17(3)13-6-2)20-16-12-10-8-9-11-14-18(20)4/h17-19H,5-16H2,1-4H3. The van der Waals surface area contributed by atoms with Crippen molar-refractivity contribution in [1.29, 1.82) is 0 Å². The number of unbranched alkanes of at least 4 members (excludes halogenated alkanes) is 1. The van der Waals surface area contributed by atoms with Crippen LogP contribution in [0.4, 0.5) is 0 Å². The Hall–Kier alpha value is -0.0400. The van der Waals surface area contributed by atoms with Crippen molar-refractivity contribution >= 4 is 0 Å². The van der Waals surface area contributed by atoms with E-state index in [0.29, 0.717) is 0 Å². The molecule has 1 fully saturated rings. The van der Waals surface area contributed by atoms with E-state index in [2.05, 4.69) is 32.6 Å². The van der Waals surface area contributed by atoms with Gasteiger partial charge in [-0.3, -0.25) is 4.90 Å². The van der Waals surface area contributed by atoms with Gasteiger partial charge in [0.1, 0.15) is 0 Å². The van der Waals surface area contributed by atoms with Gasteiger partial charge in [0.2, 0.25) is 0 Å². The zero-order valence-corrected chi connectivity index (χ0v) is 14.7. The Bertz CT molecular complexity index is 226. The molecule has 1 aliphatic rings. The molecule has 1 nitrogen and oxygen atoms in total. The van der Waals surface area contributed by atoms with E-state index in [1.165, 1.54) is 77.2 Å². The molecule has 1 heteroatoms. The molecular formula is C19H39N. The van der Waals surface area contributed by atoms with Crippen molar-refractivity contribution in [1.82, 2.24) is 4.90 Å². The molecule has 0 aromatic rings. The second-order valence-corrected chi connectivity index (χ2v) is 7.12. The van der Waals surface area contributed by atoms with Gasteiger partial charge in [0.25, 0.3) is 0 Å². The van der Waals surface area contributed by atoms with Gasteiger partial charge in [-0.05, 0) is 45.1 Å². The molecule has 1 aliphatic heterocycles. The van der Waals surface area contributed by atoms with Crippen LogP contribution in [0.3, 0.4) is 0 Å². The summed E-state index contributed by atoms with van der Waals surface area (Å²) in [6.07, 6.45) is 15.6. The molecule has 0 spiro atoms. The van der Waals surface area contributed by atoms with E-state index < -0.39 is 0 Å². The van der Waals surface area contributed by atoms with E-state index in [9.17, 15) is 0 Å². The lowest BCUT2D eigenvalue weighted by atomic mass is 9.90. The van der Waals surface area contributed by atoms with Crippen molar-refractivity contribution in [3.63, 3.8) is 0 Å². The highest BCUT2D eigenvalue weighted by Gasteiger charge is 2.27. The molecule has 120 valence electrons. The monoisotopic (exact) mass is 281 g/mol. The highest BCUT2D eigenvalue weighted by Crippen LogP contribution is 2.27. The predicted octanol–water partition coefficient (Wildman–Crippen LogP) is 6.03. The lowest BCUT2D eigenvalue weighted by molar-refractivity contribution is 0.0860. The number of nitrogens with zero attached hydrogens (tertiary/aromatic N) is 1. The molecule has 0 radical (unpaired) electrons. The van der Waals surface area contributed by atoms with Crippen molar-refractivity contribution in [2.45, 2.75) is 110 Å². The molecule has 1 rings (SSSR count). The molecule has 20 heavy (non-hydrogen) atoms. The molecule has 0 aromatic carbocycles. The van der Waals surface area contributed by atoms with Crippen LogP contribution >= 0.6 is 0 Å². The third kappa shape index (κ3) is 6.16. The van der Waals surface area contributed by atoms with Crippen LogP contribution in [0.25, 0.3) is 0 Å². The van der Waals surface area contributed by atoms with Crippen LogP contribution in [0.5, 0.6) is 0 Å². The summed E-state index contributed by atoms with van der Waals surface area (Å²) in [5.41, 5.74) is 0. The summed E-state index contributed by atoms with van der Waals surface area (Å²) in [6, 6.07) is 1.64. The zero-order chi connectivity index (χ0) is 14.8. The Morgan fingerprint density at radius 2 is 1.65 bits per heavy atom. The molecule has 0 saturated carbocycles. The van der Waals surface area contributed by atoms with Gasteiger partial charge in [-0.15, -0.1) is 0 Å². The number of hydrogen-bond donors (Lipinski definition) is 0. The normalized spacial score (nSPS) is 25.5. The third-order valence-corrected chi connectivity index (χ3v) is 5.28. The third-order valence-electron chi connectivity index (χ3n) is 5.28. The van der Waals surface area contributed by atoms with Crippen LogP contribution in [0, 0.1) is 5.92 Å². The summed E-state index contributed by atoms with van der Waals surface area (Å²) < 4.78 is 0. The van der Waals surface area contributed by atoms with Crippen LogP contribution in [0.15, 0.2) is 0 Å². The highest BCUT2D eigenvalue weighted by molar-refractivity contribution is 4.82. The van der Waals surface area contributed by atoms with E-state index in [-0.39, 0.29) is 0 Å². The van der Waals surface area contributed by atoms with Crippen molar-refractivity contribution in [2.75, 3.05) is 6.54 Å². The van der Waals surface area contributed by atoms with E-state index in [1.807, 2.05) is 0 Å². The molecule has 0 amide bonds. The molecule has 1 heterocycles. The topological polar surface area (TPSA) is 3.24 Å². The first-order valence-corrected chi connectivity index (χ1v) is 9.46. The van der Waals surface area contributed by atoms with Gasteiger partial charge < -0.3 is 0 Å². The minimum atomic E-state index is 0.800. The average molecular weight is 282 g/mol.